The Morgan fingerprint density at radius 1 is 1.26 bits per heavy atom. The van der Waals surface area contributed by atoms with E-state index >= 15 is 0 Å². The molecule has 180 valence electrons. The van der Waals surface area contributed by atoms with Crippen molar-refractivity contribution in [3.8, 4) is 11.5 Å². The Morgan fingerprint density at radius 3 is 2.79 bits per heavy atom. The molecular formula is C26H31N3O5. The van der Waals surface area contributed by atoms with Crippen molar-refractivity contribution in [1.29, 1.82) is 0 Å². The van der Waals surface area contributed by atoms with Gasteiger partial charge in [0.2, 0.25) is 5.91 Å². The van der Waals surface area contributed by atoms with Crippen molar-refractivity contribution in [2.24, 2.45) is 5.92 Å². The van der Waals surface area contributed by atoms with Gasteiger partial charge in [-0.05, 0) is 47.7 Å². The van der Waals surface area contributed by atoms with Gasteiger partial charge in [0.25, 0.3) is 0 Å². The molecule has 0 saturated heterocycles. The minimum absolute atomic E-state index is 0.00990. The number of phenols is 1. The van der Waals surface area contributed by atoms with Crippen LogP contribution < -0.4 is 15.0 Å². The zero-order valence-electron chi connectivity index (χ0n) is 19.9. The highest BCUT2D eigenvalue weighted by molar-refractivity contribution is 5.98. The van der Waals surface area contributed by atoms with Gasteiger partial charge in [0.1, 0.15) is 12.6 Å². The summed E-state index contributed by atoms with van der Waals surface area (Å²) in [5.74, 6) is -0.121. The fraction of sp³-hybridized carbons (Fsp3) is 0.385. The van der Waals surface area contributed by atoms with E-state index in [4.69, 9.17) is 9.47 Å². The summed E-state index contributed by atoms with van der Waals surface area (Å²) in [7, 11) is 3.40. The van der Waals surface area contributed by atoms with Crippen molar-refractivity contribution in [3.05, 3.63) is 53.7 Å². The van der Waals surface area contributed by atoms with Crippen LogP contribution in [0.1, 0.15) is 25.0 Å². The van der Waals surface area contributed by atoms with Gasteiger partial charge in [0.05, 0.1) is 19.6 Å². The zero-order valence-corrected chi connectivity index (χ0v) is 19.9. The van der Waals surface area contributed by atoms with Crippen LogP contribution in [0, 0.1) is 5.92 Å². The summed E-state index contributed by atoms with van der Waals surface area (Å²) >= 11 is 0. The van der Waals surface area contributed by atoms with Crippen LogP contribution in [0.3, 0.4) is 0 Å². The van der Waals surface area contributed by atoms with Crippen LogP contribution in [-0.4, -0.2) is 54.8 Å². The molecule has 0 spiro atoms. The summed E-state index contributed by atoms with van der Waals surface area (Å²) in [4.78, 5) is 31.2. The number of benzene rings is 2. The van der Waals surface area contributed by atoms with E-state index in [-0.39, 0.29) is 42.7 Å². The van der Waals surface area contributed by atoms with Crippen LogP contribution in [-0.2, 0) is 27.2 Å². The van der Waals surface area contributed by atoms with Crippen molar-refractivity contribution >= 4 is 28.5 Å². The Labute approximate surface area is 198 Å². The van der Waals surface area contributed by atoms with Gasteiger partial charge in [-0.25, -0.2) is 0 Å². The number of hydrogen-bond acceptors (Lipinski definition) is 6. The third-order valence-electron chi connectivity index (χ3n) is 6.31. The second-order valence-corrected chi connectivity index (χ2v) is 9.09. The first kappa shape index (κ1) is 23.5. The monoisotopic (exact) mass is 465 g/mol. The number of anilines is 1. The molecule has 8 heteroatoms. The van der Waals surface area contributed by atoms with Crippen LogP contribution in [0.25, 0.3) is 10.9 Å². The molecule has 0 aliphatic carbocycles. The van der Waals surface area contributed by atoms with Gasteiger partial charge < -0.3 is 29.8 Å². The fourth-order valence-electron chi connectivity index (χ4n) is 4.71. The number of rotatable bonds is 6. The smallest absolute Gasteiger partial charge is 0.310 e. The van der Waals surface area contributed by atoms with Crippen LogP contribution in [0.4, 0.5) is 5.69 Å². The van der Waals surface area contributed by atoms with Gasteiger partial charge in [-0.15, -0.1) is 0 Å². The van der Waals surface area contributed by atoms with E-state index in [2.05, 4.69) is 10.3 Å². The molecule has 0 fully saturated rings. The SMILES string of the molecule is COc1cc(CC(=O)OC[C@@H]2Cc3c[nH]c4cccc(c34)N(C)[C@@H](C(C)C)C(=O)N2)ccc1O. The highest BCUT2D eigenvalue weighted by Crippen LogP contribution is 2.33. The first-order valence-corrected chi connectivity index (χ1v) is 11.4. The van der Waals surface area contributed by atoms with Crippen LogP contribution in [0.5, 0.6) is 11.5 Å². The number of nitrogens with zero attached hydrogens (tertiary/aromatic N) is 1. The standard InChI is InChI=1S/C26H31N3O5/c1-15(2)25-26(32)28-18(12-17-13-27-19-6-5-7-20(24(17)19)29(25)3)14-34-23(31)11-16-8-9-21(30)22(10-16)33-4/h5-10,13,15,18,25,27,30H,11-12,14H2,1-4H3,(H,28,32)/t18-,25-/m0/s1. The van der Waals surface area contributed by atoms with Crippen LogP contribution in [0.15, 0.2) is 42.6 Å². The zero-order chi connectivity index (χ0) is 24.4. The summed E-state index contributed by atoms with van der Waals surface area (Å²) < 4.78 is 10.7. The molecule has 8 nitrogen and oxygen atoms in total. The van der Waals surface area contributed by atoms with Gasteiger partial charge >= 0.3 is 5.97 Å². The van der Waals surface area contributed by atoms with Gasteiger partial charge in [-0.3, -0.25) is 9.59 Å². The number of aromatic nitrogens is 1. The third-order valence-corrected chi connectivity index (χ3v) is 6.31. The molecule has 0 saturated carbocycles. The highest BCUT2D eigenvalue weighted by Gasteiger charge is 2.32. The minimum Gasteiger partial charge on any atom is -0.504 e. The molecule has 3 aromatic rings. The lowest BCUT2D eigenvalue weighted by Gasteiger charge is -2.32. The van der Waals surface area contributed by atoms with Gasteiger partial charge in [-0.2, -0.15) is 0 Å². The molecule has 3 N–H and O–H groups in total. The minimum atomic E-state index is -0.418. The maximum Gasteiger partial charge on any atom is 0.310 e. The number of methoxy groups -OCH3 is 1. The Kier molecular flexibility index (Phi) is 6.68. The lowest BCUT2D eigenvalue weighted by atomic mass is 10.0. The van der Waals surface area contributed by atoms with Crippen molar-refractivity contribution < 1.29 is 24.2 Å². The van der Waals surface area contributed by atoms with E-state index in [0.29, 0.717) is 17.7 Å². The molecular weight excluding hydrogens is 434 g/mol. The molecule has 0 bridgehead atoms. The number of aromatic hydroxyl groups is 1. The summed E-state index contributed by atoms with van der Waals surface area (Å²) in [6, 6.07) is 10.0. The number of H-pyrrole nitrogens is 1. The van der Waals surface area contributed by atoms with Gasteiger partial charge in [0, 0.05) is 29.8 Å². The van der Waals surface area contributed by atoms with E-state index in [1.807, 2.05) is 50.2 Å². The first-order chi connectivity index (χ1) is 16.3. The topological polar surface area (TPSA) is 104 Å². The second-order valence-electron chi connectivity index (χ2n) is 9.09. The van der Waals surface area contributed by atoms with E-state index in [9.17, 15) is 14.7 Å². The fourth-order valence-corrected chi connectivity index (χ4v) is 4.71. The molecule has 1 aliphatic rings. The molecule has 34 heavy (non-hydrogen) atoms. The summed E-state index contributed by atoms with van der Waals surface area (Å²) in [6.07, 6.45) is 2.52. The number of amides is 1. The number of nitrogens with one attached hydrogen (secondary N) is 2. The largest absolute Gasteiger partial charge is 0.504 e. The molecule has 1 aromatic heterocycles. The summed E-state index contributed by atoms with van der Waals surface area (Å²) in [5, 5.41) is 13.9. The average molecular weight is 466 g/mol. The van der Waals surface area contributed by atoms with Gasteiger partial charge in [-0.1, -0.05) is 26.0 Å². The van der Waals surface area contributed by atoms with Crippen molar-refractivity contribution in [3.63, 3.8) is 0 Å². The number of carbonyl (C=O) groups is 2. The Morgan fingerprint density at radius 2 is 2.06 bits per heavy atom. The first-order valence-electron chi connectivity index (χ1n) is 11.4. The summed E-state index contributed by atoms with van der Waals surface area (Å²) in [6.45, 7) is 4.11. The molecule has 0 radical (unpaired) electrons. The number of likely N-dealkylation sites (N-methyl/N-ethyl adjacent to an activating group) is 1. The Bertz CT molecular complexity index is 1200. The Balaban J connectivity index is 1.54. The molecule has 2 heterocycles. The lowest BCUT2D eigenvalue weighted by Crippen LogP contribution is -2.52. The maximum absolute atomic E-state index is 13.3. The van der Waals surface area contributed by atoms with E-state index in [1.54, 1.807) is 12.1 Å². The van der Waals surface area contributed by atoms with Crippen LogP contribution in [0.2, 0.25) is 0 Å². The Hall–Kier alpha value is -3.68. The van der Waals surface area contributed by atoms with Crippen molar-refractivity contribution in [1.82, 2.24) is 10.3 Å². The molecule has 2 aromatic carbocycles. The predicted molar refractivity (Wildman–Crippen MR) is 130 cm³/mol. The highest BCUT2D eigenvalue weighted by atomic mass is 16.5. The number of esters is 1. The van der Waals surface area contributed by atoms with Crippen molar-refractivity contribution in [2.45, 2.75) is 38.8 Å². The molecule has 0 unspecified atom stereocenters. The molecule has 2 atom stereocenters. The second kappa shape index (κ2) is 9.67. The quantitative estimate of drug-likeness (QED) is 0.483. The third kappa shape index (κ3) is 4.66. The number of aromatic amines is 1. The van der Waals surface area contributed by atoms with Crippen molar-refractivity contribution in [2.75, 3.05) is 25.7 Å². The average Bonchev–Trinajstić information content (AvgIpc) is 3.22. The van der Waals surface area contributed by atoms with Gasteiger partial charge in [0.15, 0.2) is 11.5 Å². The maximum atomic E-state index is 13.3. The molecule has 1 aliphatic heterocycles. The predicted octanol–water partition coefficient (Wildman–Crippen LogP) is 3.17. The number of phenolic OH excluding ortho intramolecular Hbond substituents is 1. The van der Waals surface area contributed by atoms with E-state index in [0.717, 1.165) is 22.2 Å². The molecule has 4 rings (SSSR count). The lowest BCUT2D eigenvalue weighted by molar-refractivity contribution is -0.144. The number of hydrogen-bond donors (Lipinski definition) is 3. The summed E-state index contributed by atoms with van der Waals surface area (Å²) in [5.41, 5.74) is 3.74. The normalized spacial score (nSPS) is 18.3. The van der Waals surface area contributed by atoms with E-state index < -0.39 is 5.97 Å². The number of carbonyl (C=O) groups excluding carboxylic acids is 2. The van der Waals surface area contributed by atoms with Crippen LogP contribution >= 0.6 is 0 Å². The van der Waals surface area contributed by atoms with E-state index in [1.165, 1.54) is 13.2 Å². The molecule has 1 amide bonds. The number of ether oxygens (including phenoxy) is 2.